The first-order valence-corrected chi connectivity index (χ1v) is 7.71. The van der Waals surface area contributed by atoms with Crippen molar-refractivity contribution in [3.05, 3.63) is 0 Å². The minimum Gasteiger partial charge on any atom is -0.294 e. The van der Waals surface area contributed by atoms with Gasteiger partial charge < -0.3 is 0 Å². The largest absolute Gasteiger partial charge is 0.294 e. The van der Waals surface area contributed by atoms with Gasteiger partial charge in [-0.2, -0.15) is 0 Å². The van der Waals surface area contributed by atoms with E-state index in [0.717, 1.165) is 4.58 Å². The molecule has 3 heteroatoms. The van der Waals surface area contributed by atoms with E-state index >= 15 is 0 Å². The van der Waals surface area contributed by atoms with Gasteiger partial charge in [-0.25, -0.2) is 0 Å². The zero-order chi connectivity index (χ0) is 10.4. The summed E-state index contributed by atoms with van der Waals surface area (Å²) in [6.45, 7) is 6.86. The van der Waals surface area contributed by atoms with Crippen molar-refractivity contribution in [3.63, 3.8) is 0 Å². The monoisotopic (exact) mass is 233 g/mol. The summed E-state index contributed by atoms with van der Waals surface area (Å²) in [5.41, 5.74) is 0. The molecule has 84 valence electrons. The molecule has 0 aliphatic carbocycles. The molecule has 1 heterocycles. The zero-order valence-electron chi connectivity index (χ0n) is 9.58. The van der Waals surface area contributed by atoms with Crippen LogP contribution >= 0.6 is 23.5 Å². The fraction of sp³-hybridized carbons (Fsp3) is 1.00. The van der Waals surface area contributed by atoms with Crippen LogP contribution in [-0.2, 0) is 0 Å². The molecule has 1 saturated heterocycles. The van der Waals surface area contributed by atoms with E-state index < -0.39 is 0 Å². The van der Waals surface area contributed by atoms with Gasteiger partial charge in [-0.3, -0.25) is 5.32 Å². The normalized spacial score (nSPS) is 33.2. The van der Waals surface area contributed by atoms with Crippen molar-refractivity contribution in [3.8, 4) is 0 Å². The standard InChI is InChI=1S/C11H23NS2/c1-4-6-8-10-12-9(3)13-11(14-10)7-5-2/h9-12H,4-8H2,1-3H3. The van der Waals surface area contributed by atoms with E-state index in [2.05, 4.69) is 49.6 Å². The highest BCUT2D eigenvalue weighted by Crippen LogP contribution is 2.38. The van der Waals surface area contributed by atoms with Gasteiger partial charge in [-0.1, -0.05) is 33.1 Å². The van der Waals surface area contributed by atoms with E-state index in [1.165, 1.54) is 32.1 Å². The van der Waals surface area contributed by atoms with E-state index in [9.17, 15) is 0 Å². The molecule has 3 unspecified atom stereocenters. The Kier molecular flexibility index (Phi) is 6.38. The number of thioether (sulfide) groups is 2. The van der Waals surface area contributed by atoms with Crippen molar-refractivity contribution in [2.45, 2.75) is 68.2 Å². The van der Waals surface area contributed by atoms with Crippen LogP contribution in [0.5, 0.6) is 0 Å². The molecule has 0 aromatic carbocycles. The van der Waals surface area contributed by atoms with Gasteiger partial charge in [0.2, 0.25) is 0 Å². The molecule has 0 aromatic rings. The second kappa shape index (κ2) is 7.02. The molecule has 0 radical (unpaired) electrons. The molecular formula is C11H23NS2. The van der Waals surface area contributed by atoms with Gasteiger partial charge in [0.1, 0.15) is 0 Å². The highest BCUT2D eigenvalue weighted by Gasteiger charge is 2.25. The zero-order valence-corrected chi connectivity index (χ0v) is 11.2. The summed E-state index contributed by atoms with van der Waals surface area (Å²) in [6.07, 6.45) is 6.70. The summed E-state index contributed by atoms with van der Waals surface area (Å²) in [5.74, 6) is 0. The number of unbranched alkanes of at least 4 members (excludes halogenated alkanes) is 1. The van der Waals surface area contributed by atoms with Crippen LogP contribution < -0.4 is 5.32 Å². The molecule has 1 rings (SSSR count). The second-order valence-corrected chi connectivity index (χ2v) is 7.19. The summed E-state index contributed by atoms with van der Waals surface area (Å²) < 4.78 is 0.832. The maximum atomic E-state index is 3.67. The predicted octanol–water partition coefficient (Wildman–Crippen LogP) is 4.04. The smallest absolute Gasteiger partial charge is 0.0551 e. The fourth-order valence-corrected chi connectivity index (χ4v) is 5.33. The van der Waals surface area contributed by atoms with Crippen LogP contribution in [0.25, 0.3) is 0 Å². The maximum Gasteiger partial charge on any atom is 0.0551 e. The molecule has 0 saturated carbocycles. The molecule has 1 fully saturated rings. The average molecular weight is 233 g/mol. The molecule has 0 spiro atoms. The van der Waals surface area contributed by atoms with Crippen molar-refractivity contribution >= 4 is 23.5 Å². The molecular weight excluding hydrogens is 210 g/mol. The van der Waals surface area contributed by atoms with Crippen LogP contribution in [0.2, 0.25) is 0 Å². The van der Waals surface area contributed by atoms with Crippen molar-refractivity contribution in [2.24, 2.45) is 0 Å². The lowest BCUT2D eigenvalue weighted by molar-refractivity contribution is 0.571. The molecule has 1 aliphatic heterocycles. The number of hydrogen-bond donors (Lipinski definition) is 1. The average Bonchev–Trinajstić information content (AvgIpc) is 2.14. The molecule has 1 nitrogen and oxygen atoms in total. The third-order valence-corrected chi connectivity index (χ3v) is 5.43. The lowest BCUT2D eigenvalue weighted by atomic mass is 10.2. The quantitative estimate of drug-likeness (QED) is 0.769. The minimum absolute atomic E-state index is 0.648. The Morgan fingerprint density at radius 3 is 2.50 bits per heavy atom. The summed E-state index contributed by atoms with van der Waals surface area (Å²) in [4.78, 5) is 0. The highest BCUT2D eigenvalue weighted by atomic mass is 32.2. The van der Waals surface area contributed by atoms with Crippen LogP contribution in [0.4, 0.5) is 0 Å². The van der Waals surface area contributed by atoms with Gasteiger partial charge in [-0.15, -0.1) is 23.5 Å². The van der Waals surface area contributed by atoms with Crippen LogP contribution in [0, 0.1) is 0 Å². The SMILES string of the molecule is CCCCC1NC(C)SC(CCC)S1. The lowest BCUT2D eigenvalue weighted by Crippen LogP contribution is -2.38. The number of hydrogen-bond acceptors (Lipinski definition) is 3. The Hall–Kier alpha value is 0.660. The first-order valence-electron chi connectivity index (χ1n) is 5.83. The van der Waals surface area contributed by atoms with Crippen LogP contribution in [0.1, 0.15) is 52.9 Å². The lowest BCUT2D eigenvalue weighted by Gasteiger charge is -2.33. The molecule has 1 N–H and O–H groups in total. The molecule has 3 atom stereocenters. The van der Waals surface area contributed by atoms with Crippen LogP contribution in [0.3, 0.4) is 0 Å². The van der Waals surface area contributed by atoms with Gasteiger partial charge in [0.15, 0.2) is 0 Å². The summed E-state index contributed by atoms with van der Waals surface area (Å²) >= 11 is 4.25. The summed E-state index contributed by atoms with van der Waals surface area (Å²) in [7, 11) is 0. The van der Waals surface area contributed by atoms with E-state index in [0.29, 0.717) is 10.7 Å². The molecule has 0 bridgehead atoms. The number of rotatable bonds is 5. The van der Waals surface area contributed by atoms with Gasteiger partial charge in [0.05, 0.1) is 15.3 Å². The van der Waals surface area contributed by atoms with Crippen molar-refractivity contribution in [1.82, 2.24) is 5.32 Å². The van der Waals surface area contributed by atoms with Gasteiger partial charge in [0.25, 0.3) is 0 Å². The predicted molar refractivity (Wildman–Crippen MR) is 69.8 cm³/mol. The minimum atomic E-state index is 0.648. The van der Waals surface area contributed by atoms with Crippen LogP contribution in [-0.4, -0.2) is 15.3 Å². The molecule has 0 amide bonds. The van der Waals surface area contributed by atoms with Crippen molar-refractivity contribution in [1.29, 1.82) is 0 Å². The summed E-state index contributed by atoms with van der Waals surface area (Å²) in [5, 5.41) is 5.02. The fourth-order valence-electron chi connectivity index (χ4n) is 1.70. The first-order chi connectivity index (χ1) is 6.76. The van der Waals surface area contributed by atoms with Gasteiger partial charge in [0, 0.05) is 0 Å². The molecule has 0 aromatic heterocycles. The second-order valence-electron chi connectivity index (χ2n) is 3.93. The van der Waals surface area contributed by atoms with Gasteiger partial charge >= 0.3 is 0 Å². The summed E-state index contributed by atoms with van der Waals surface area (Å²) in [6, 6.07) is 0. The Morgan fingerprint density at radius 2 is 1.86 bits per heavy atom. The van der Waals surface area contributed by atoms with E-state index in [4.69, 9.17) is 0 Å². The van der Waals surface area contributed by atoms with Crippen molar-refractivity contribution < 1.29 is 0 Å². The maximum absolute atomic E-state index is 3.67. The Balaban J connectivity index is 2.29. The van der Waals surface area contributed by atoms with E-state index in [-0.39, 0.29) is 0 Å². The Morgan fingerprint density at radius 1 is 1.07 bits per heavy atom. The van der Waals surface area contributed by atoms with E-state index in [1.54, 1.807) is 0 Å². The Labute approximate surface area is 97.2 Å². The van der Waals surface area contributed by atoms with E-state index in [1.807, 2.05) is 0 Å². The Bertz CT molecular complexity index is 152. The first kappa shape index (κ1) is 12.7. The topological polar surface area (TPSA) is 12.0 Å². The van der Waals surface area contributed by atoms with Crippen molar-refractivity contribution in [2.75, 3.05) is 0 Å². The third kappa shape index (κ3) is 4.45. The number of nitrogens with one attached hydrogen (secondary N) is 1. The van der Waals surface area contributed by atoms with Gasteiger partial charge in [-0.05, 0) is 19.8 Å². The van der Waals surface area contributed by atoms with Crippen LogP contribution in [0.15, 0.2) is 0 Å². The highest BCUT2D eigenvalue weighted by molar-refractivity contribution is 8.18. The molecule has 1 aliphatic rings. The molecule has 14 heavy (non-hydrogen) atoms. The third-order valence-electron chi connectivity index (χ3n) is 2.44.